The Morgan fingerprint density at radius 1 is 1.60 bits per heavy atom. The van der Waals surface area contributed by atoms with E-state index in [0.717, 1.165) is 6.07 Å². The summed E-state index contributed by atoms with van der Waals surface area (Å²) in [6, 6.07) is 1.03. The number of halogens is 4. The van der Waals surface area contributed by atoms with E-state index < -0.39 is 30.4 Å². The summed E-state index contributed by atoms with van der Waals surface area (Å²) < 4.78 is 36.9. The number of hydrogen-bond acceptors (Lipinski definition) is 2. The van der Waals surface area contributed by atoms with Gasteiger partial charge in [-0.25, -0.2) is 18.2 Å². The van der Waals surface area contributed by atoms with E-state index in [-0.39, 0.29) is 0 Å². The van der Waals surface area contributed by atoms with Gasteiger partial charge in [-0.05, 0) is 22.0 Å². The van der Waals surface area contributed by atoms with Gasteiger partial charge in [0, 0.05) is 10.7 Å². The third kappa shape index (κ3) is 3.50. The Kier molecular flexibility index (Phi) is 4.07. The number of alkyl halides is 2. The van der Waals surface area contributed by atoms with Crippen LogP contribution in [0.5, 0.6) is 0 Å². The second-order valence-corrected chi connectivity index (χ2v) is 3.50. The number of nitrogens with zero attached hydrogens (tertiary/aromatic N) is 1. The van der Waals surface area contributed by atoms with Gasteiger partial charge in [0.2, 0.25) is 0 Å². The predicted octanol–water partition coefficient (Wildman–Crippen LogP) is 1.98. The molecular weight excluding hydrogens is 277 g/mol. The highest BCUT2D eigenvalue weighted by atomic mass is 79.9. The van der Waals surface area contributed by atoms with Crippen LogP contribution in [0.3, 0.4) is 0 Å². The van der Waals surface area contributed by atoms with Crippen LogP contribution in [0.4, 0.5) is 13.2 Å². The summed E-state index contributed by atoms with van der Waals surface area (Å²) >= 11 is 2.95. The van der Waals surface area contributed by atoms with Crippen molar-refractivity contribution in [3.05, 3.63) is 28.2 Å². The molecule has 0 fully saturated rings. The zero-order valence-electron chi connectivity index (χ0n) is 7.31. The molecule has 0 aliphatic rings. The van der Waals surface area contributed by atoms with Crippen molar-refractivity contribution in [1.29, 1.82) is 0 Å². The molecule has 1 N–H and O–H groups in total. The number of pyridine rings is 1. The van der Waals surface area contributed by atoms with E-state index >= 15 is 0 Å². The zero-order valence-corrected chi connectivity index (χ0v) is 8.89. The average Bonchev–Trinajstić information content (AvgIpc) is 2.14. The molecule has 1 aromatic rings. The molecule has 0 bridgehead atoms. The molecule has 0 aliphatic heterocycles. The van der Waals surface area contributed by atoms with Crippen LogP contribution >= 0.6 is 15.9 Å². The quantitative estimate of drug-likeness (QED) is 0.921. The van der Waals surface area contributed by atoms with Crippen molar-refractivity contribution in [2.75, 3.05) is 6.54 Å². The first kappa shape index (κ1) is 12.0. The molecule has 1 heterocycles. The molecule has 15 heavy (non-hydrogen) atoms. The van der Waals surface area contributed by atoms with E-state index in [4.69, 9.17) is 0 Å². The first-order valence-electron chi connectivity index (χ1n) is 3.88. The van der Waals surface area contributed by atoms with Gasteiger partial charge >= 0.3 is 0 Å². The molecule has 0 saturated heterocycles. The van der Waals surface area contributed by atoms with Crippen LogP contribution in [0.25, 0.3) is 0 Å². The molecule has 0 aromatic carbocycles. The molecule has 0 spiro atoms. The van der Waals surface area contributed by atoms with Crippen molar-refractivity contribution in [3.63, 3.8) is 0 Å². The molecule has 0 unspecified atom stereocenters. The van der Waals surface area contributed by atoms with Crippen LogP contribution in [0, 0.1) is 5.82 Å². The Labute approximate surface area is 91.8 Å². The SMILES string of the molecule is O=C(NCC(F)F)c1ncc(Br)cc1F. The molecule has 1 rings (SSSR count). The molecule has 82 valence electrons. The standard InChI is InChI=1S/C8H6BrF3N2O/c9-4-1-5(10)7(13-2-4)8(15)14-3-6(11)12/h1-2,6H,3H2,(H,14,15). The maximum absolute atomic E-state index is 13.1. The van der Waals surface area contributed by atoms with Crippen LogP contribution in [0.15, 0.2) is 16.7 Å². The minimum Gasteiger partial charge on any atom is -0.345 e. The number of nitrogens with one attached hydrogen (secondary N) is 1. The Hall–Kier alpha value is -1.11. The average molecular weight is 283 g/mol. The fourth-order valence-electron chi connectivity index (χ4n) is 0.835. The molecule has 7 heteroatoms. The highest BCUT2D eigenvalue weighted by molar-refractivity contribution is 9.10. The highest BCUT2D eigenvalue weighted by Gasteiger charge is 2.14. The lowest BCUT2D eigenvalue weighted by Gasteiger charge is -2.04. The van der Waals surface area contributed by atoms with E-state index in [1.54, 1.807) is 0 Å². The molecular formula is C8H6BrF3N2O. The Morgan fingerprint density at radius 2 is 2.27 bits per heavy atom. The van der Waals surface area contributed by atoms with Crippen molar-refractivity contribution in [1.82, 2.24) is 10.3 Å². The molecule has 3 nitrogen and oxygen atoms in total. The largest absolute Gasteiger partial charge is 0.345 e. The number of amides is 1. The smallest absolute Gasteiger partial charge is 0.273 e. The third-order valence-corrected chi connectivity index (χ3v) is 1.87. The normalized spacial score (nSPS) is 10.5. The third-order valence-electron chi connectivity index (χ3n) is 1.44. The van der Waals surface area contributed by atoms with Crippen LogP contribution in [-0.4, -0.2) is 23.9 Å². The van der Waals surface area contributed by atoms with Gasteiger partial charge in [-0.15, -0.1) is 0 Å². The predicted molar refractivity (Wildman–Crippen MR) is 50.2 cm³/mol. The van der Waals surface area contributed by atoms with Crippen LogP contribution in [-0.2, 0) is 0 Å². The van der Waals surface area contributed by atoms with E-state index in [2.05, 4.69) is 20.9 Å². The summed E-state index contributed by atoms with van der Waals surface area (Å²) in [5.74, 6) is -1.82. The second kappa shape index (κ2) is 5.11. The van der Waals surface area contributed by atoms with Gasteiger partial charge in [0.15, 0.2) is 11.5 Å². The van der Waals surface area contributed by atoms with E-state index in [1.807, 2.05) is 5.32 Å². The molecule has 1 aromatic heterocycles. The van der Waals surface area contributed by atoms with Gasteiger partial charge in [0.05, 0.1) is 6.54 Å². The summed E-state index contributed by atoms with van der Waals surface area (Å²) in [5.41, 5.74) is -0.501. The van der Waals surface area contributed by atoms with Crippen molar-refractivity contribution >= 4 is 21.8 Å². The monoisotopic (exact) mass is 282 g/mol. The zero-order chi connectivity index (χ0) is 11.4. The van der Waals surface area contributed by atoms with E-state index in [9.17, 15) is 18.0 Å². The van der Waals surface area contributed by atoms with Crippen molar-refractivity contribution in [3.8, 4) is 0 Å². The highest BCUT2D eigenvalue weighted by Crippen LogP contribution is 2.12. The number of carbonyl (C=O) groups is 1. The number of aromatic nitrogens is 1. The van der Waals surface area contributed by atoms with Gasteiger partial charge in [-0.3, -0.25) is 4.79 Å². The van der Waals surface area contributed by atoms with Gasteiger partial charge in [-0.2, -0.15) is 0 Å². The minimum atomic E-state index is -2.67. The lowest BCUT2D eigenvalue weighted by molar-refractivity contribution is 0.0882. The van der Waals surface area contributed by atoms with Gasteiger partial charge in [-0.1, -0.05) is 0 Å². The second-order valence-electron chi connectivity index (χ2n) is 2.59. The summed E-state index contributed by atoms with van der Waals surface area (Å²) in [7, 11) is 0. The van der Waals surface area contributed by atoms with Crippen molar-refractivity contribution in [2.24, 2.45) is 0 Å². The summed E-state index contributed by atoms with van der Waals surface area (Å²) in [5, 5.41) is 1.85. The Balaban J connectivity index is 2.74. The van der Waals surface area contributed by atoms with Crippen LogP contribution in [0.1, 0.15) is 10.5 Å². The van der Waals surface area contributed by atoms with Crippen molar-refractivity contribution < 1.29 is 18.0 Å². The Bertz CT molecular complexity index is 373. The van der Waals surface area contributed by atoms with Gasteiger partial charge in [0.25, 0.3) is 12.3 Å². The van der Waals surface area contributed by atoms with E-state index in [1.165, 1.54) is 6.20 Å². The van der Waals surface area contributed by atoms with Crippen LogP contribution in [0.2, 0.25) is 0 Å². The maximum atomic E-state index is 13.1. The lowest BCUT2D eigenvalue weighted by atomic mass is 10.3. The molecule has 0 atom stereocenters. The van der Waals surface area contributed by atoms with Gasteiger partial charge < -0.3 is 5.32 Å². The lowest BCUT2D eigenvalue weighted by Crippen LogP contribution is -2.29. The topological polar surface area (TPSA) is 42.0 Å². The molecule has 0 aliphatic carbocycles. The minimum absolute atomic E-state index is 0.366. The Morgan fingerprint density at radius 3 is 2.80 bits per heavy atom. The summed E-state index contributed by atoms with van der Waals surface area (Å²) in [6.07, 6.45) is -1.46. The molecule has 0 saturated carbocycles. The summed E-state index contributed by atoms with van der Waals surface area (Å²) in [6.45, 7) is -0.823. The number of hydrogen-bond donors (Lipinski definition) is 1. The maximum Gasteiger partial charge on any atom is 0.273 e. The van der Waals surface area contributed by atoms with Gasteiger partial charge in [0.1, 0.15) is 0 Å². The summed E-state index contributed by atoms with van der Waals surface area (Å²) in [4.78, 5) is 14.6. The first-order valence-corrected chi connectivity index (χ1v) is 4.67. The first-order chi connectivity index (χ1) is 7.00. The molecule has 0 radical (unpaired) electrons. The van der Waals surface area contributed by atoms with E-state index in [0.29, 0.717) is 4.47 Å². The number of carbonyl (C=O) groups excluding carboxylic acids is 1. The van der Waals surface area contributed by atoms with Crippen LogP contribution < -0.4 is 5.32 Å². The fraction of sp³-hybridized carbons (Fsp3) is 0.250. The molecule has 1 amide bonds. The fourth-order valence-corrected chi connectivity index (χ4v) is 1.14. The number of rotatable bonds is 3. The van der Waals surface area contributed by atoms with Crippen molar-refractivity contribution in [2.45, 2.75) is 6.43 Å².